The zero-order valence-corrected chi connectivity index (χ0v) is 8.47. The van der Waals surface area contributed by atoms with Crippen LogP contribution >= 0.6 is 0 Å². The van der Waals surface area contributed by atoms with Crippen LogP contribution < -0.4 is 0 Å². The molecule has 0 fully saturated rings. The average Bonchev–Trinajstić information content (AvgIpc) is 2.10. The van der Waals surface area contributed by atoms with Gasteiger partial charge in [-0.25, -0.2) is 0 Å². The van der Waals surface area contributed by atoms with E-state index >= 15 is 0 Å². The molecule has 0 aromatic rings. The van der Waals surface area contributed by atoms with Gasteiger partial charge in [0.1, 0.15) is 0 Å². The van der Waals surface area contributed by atoms with E-state index in [9.17, 15) is 0 Å². The quantitative estimate of drug-likeness (QED) is 0.436. The fourth-order valence-electron chi connectivity index (χ4n) is 0.728. The molecule has 0 spiro atoms. The van der Waals surface area contributed by atoms with Gasteiger partial charge in [-0.3, -0.25) is 0 Å². The summed E-state index contributed by atoms with van der Waals surface area (Å²) >= 11 is 0. The summed E-state index contributed by atoms with van der Waals surface area (Å²) in [6.45, 7) is 7.92. The Labute approximate surface area is 76.1 Å². The second-order valence-corrected chi connectivity index (χ2v) is 2.86. The van der Waals surface area contributed by atoms with Gasteiger partial charge in [-0.2, -0.15) is 0 Å². The predicted octanol–water partition coefficient (Wildman–Crippen LogP) is 3.33. The van der Waals surface area contributed by atoms with Crippen LogP contribution in [-0.2, 0) is 4.74 Å². The molecule has 0 aromatic heterocycles. The van der Waals surface area contributed by atoms with Crippen molar-refractivity contribution in [2.45, 2.75) is 33.6 Å². The molecular formula is C11H20O. The first-order valence-electron chi connectivity index (χ1n) is 4.68. The summed E-state index contributed by atoms with van der Waals surface area (Å²) in [5.41, 5.74) is 1.29. The molecule has 0 aliphatic rings. The van der Waals surface area contributed by atoms with Crippen molar-refractivity contribution in [3.8, 4) is 0 Å². The minimum Gasteiger partial charge on any atom is -0.377 e. The fourth-order valence-corrected chi connectivity index (χ4v) is 0.728. The Morgan fingerprint density at radius 2 is 2.17 bits per heavy atom. The van der Waals surface area contributed by atoms with Gasteiger partial charge in [0.25, 0.3) is 0 Å². The summed E-state index contributed by atoms with van der Waals surface area (Å²) < 4.78 is 5.35. The van der Waals surface area contributed by atoms with Crippen LogP contribution in [0.5, 0.6) is 0 Å². The molecule has 12 heavy (non-hydrogen) atoms. The molecular weight excluding hydrogens is 148 g/mol. The summed E-state index contributed by atoms with van der Waals surface area (Å²) in [4.78, 5) is 0. The Morgan fingerprint density at radius 3 is 2.75 bits per heavy atom. The molecule has 0 rings (SSSR count). The Kier molecular flexibility index (Phi) is 8.14. The first-order chi connectivity index (χ1) is 5.81. The Bertz CT molecular complexity index is 145. The van der Waals surface area contributed by atoms with Gasteiger partial charge in [0, 0.05) is 6.61 Å². The maximum atomic E-state index is 5.35. The summed E-state index contributed by atoms with van der Waals surface area (Å²) in [6, 6.07) is 0. The monoisotopic (exact) mass is 168 g/mol. The molecule has 0 atom stereocenters. The van der Waals surface area contributed by atoms with Gasteiger partial charge in [-0.15, -0.1) is 0 Å². The lowest BCUT2D eigenvalue weighted by molar-refractivity contribution is 0.159. The minimum atomic E-state index is 0.741. The molecule has 0 amide bonds. The number of hydrogen-bond donors (Lipinski definition) is 0. The zero-order chi connectivity index (χ0) is 9.23. The van der Waals surface area contributed by atoms with E-state index in [1.807, 2.05) is 6.92 Å². The number of hydrogen-bond acceptors (Lipinski definition) is 1. The average molecular weight is 168 g/mol. The number of allylic oxidation sites excluding steroid dienone is 3. The van der Waals surface area contributed by atoms with Crippen LogP contribution in [0.2, 0.25) is 0 Å². The van der Waals surface area contributed by atoms with Crippen molar-refractivity contribution in [1.29, 1.82) is 0 Å². The number of rotatable bonds is 6. The third-order valence-corrected chi connectivity index (χ3v) is 1.69. The van der Waals surface area contributed by atoms with Crippen LogP contribution in [0.4, 0.5) is 0 Å². The Hall–Kier alpha value is -0.560. The molecule has 70 valence electrons. The molecule has 0 bridgehead atoms. The lowest BCUT2D eigenvalue weighted by atomic mass is 10.3. The smallest absolute Gasteiger partial charge is 0.0650 e. The molecule has 0 saturated carbocycles. The van der Waals surface area contributed by atoms with Crippen LogP contribution in [0.15, 0.2) is 23.8 Å². The second-order valence-electron chi connectivity index (χ2n) is 2.86. The van der Waals surface area contributed by atoms with Crippen LogP contribution in [0.1, 0.15) is 33.6 Å². The van der Waals surface area contributed by atoms with Gasteiger partial charge in [-0.1, -0.05) is 37.1 Å². The van der Waals surface area contributed by atoms with Crippen molar-refractivity contribution in [3.63, 3.8) is 0 Å². The van der Waals surface area contributed by atoms with E-state index < -0.39 is 0 Å². The lowest BCUT2D eigenvalue weighted by Gasteiger charge is -1.97. The standard InChI is InChI=1S/C11H20O/c1-4-6-9-12-10-7-8-11(3)5-2/h5,7-8H,4,6,9-10H2,1-3H3/b8-7-,11-5-. The van der Waals surface area contributed by atoms with Crippen molar-refractivity contribution in [3.05, 3.63) is 23.8 Å². The van der Waals surface area contributed by atoms with Crippen LogP contribution in [0.25, 0.3) is 0 Å². The predicted molar refractivity (Wildman–Crippen MR) is 54.3 cm³/mol. The summed E-state index contributed by atoms with van der Waals surface area (Å²) in [6.07, 6.45) is 8.60. The van der Waals surface area contributed by atoms with Crippen LogP contribution in [0, 0.1) is 0 Å². The van der Waals surface area contributed by atoms with Crippen molar-refractivity contribution in [1.82, 2.24) is 0 Å². The van der Waals surface area contributed by atoms with Crippen molar-refractivity contribution >= 4 is 0 Å². The molecule has 0 saturated heterocycles. The van der Waals surface area contributed by atoms with Gasteiger partial charge < -0.3 is 4.74 Å². The van der Waals surface area contributed by atoms with Gasteiger partial charge in [0.05, 0.1) is 6.61 Å². The van der Waals surface area contributed by atoms with E-state index in [4.69, 9.17) is 4.74 Å². The van der Waals surface area contributed by atoms with Crippen molar-refractivity contribution in [2.24, 2.45) is 0 Å². The van der Waals surface area contributed by atoms with Crippen molar-refractivity contribution < 1.29 is 4.74 Å². The fraction of sp³-hybridized carbons (Fsp3) is 0.636. The first-order valence-corrected chi connectivity index (χ1v) is 4.68. The molecule has 0 N–H and O–H groups in total. The summed E-state index contributed by atoms with van der Waals surface area (Å²) in [5, 5.41) is 0. The van der Waals surface area contributed by atoms with E-state index in [0.717, 1.165) is 19.6 Å². The van der Waals surface area contributed by atoms with Crippen LogP contribution in [-0.4, -0.2) is 13.2 Å². The van der Waals surface area contributed by atoms with Gasteiger partial charge in [-0.05, 0) is 20.3 Å². The first kappa shape index (κ1) is 11.4. The molecule has 0 aromatic carbocycles. The van der Waals surface area contributed by atoms with E-state index in [0.29, 0.717) is 0 Å². The highest BCUT2D eigenvalue weighted by atomic mass is 16.5. The maximum Gasteiger partial charge on any atom is 0.0650 e. The summed E-state index contributed by atoms with van der Waals surface area (Å²) in [7, 11) is 0. The summed E-state index contributed by atoms with van der Waals surface area (Å²) in [5.74, 6) is 0. The highest BCUT2D eigenvalue weighted by Crippen LogP contribution is 1.94. The molecule has 1 heteroatoms. The van der Waals surface area contributed by atoms with E-state index in [2.05, 4.69) is 32.1 Å². The van der Waals surface area contributed by atoms with E-state index in [-0.39, 0.29) is 0 Å². The highest BCUT2D eigenvalue weighted by Gasteiger charge is 1.82. The van der Waals surface area contributed by atoms with E-state index in [1.165, 1.54) is 12.0 Å². The van der Waals surface area contributed by atoms with Gasteiger partial charge in [0.15, 0.2) is 0 Å². The van der Waals surface area contributed by atoms with Crippen LogP contribution in [0.3, 0.4) is 0 Å². The normalized spacial score (nSPS) is 12.8. The maximum absolute atomic E-state index is 5.35. The number of unbranched alkanes of at least 4 members (excludes halogenated alkanes) is 1. The third kappa shape index (κ3) is 7.55. The second kappa shape index (κ2) is 8.54. The molecule has 0 heterocycles. The van der Waals surface area contributed by atoms with E-state index in [1.54, 1.807) is 0 Å². The lowest BCUT2D eigenvalue weighted by Crippen LogP contribution is -1.92. The molecule has 0 radical (unpaired) electrons. The Balaban J connectivity index is 3.25. The molecule has 0 unspecified atom stereocenters. The third-order valence-electron chi connectivity index (χ3n) is 1.69. The van der Waals surface area contributed by atoms with Crippen molar-refractivity contribution in [2.75, 3.05) is 13.2 Å². The zero-order valence-electron chi connectivity index (χ0n) is 8.47. The molecule has 0 aliphatic carbocycles. The SMILES string of the molecule is C/C=C(C)\C=C/COCCCC. The molecule has 1 nitrogen and oxygen atoms in total. The van der Waals surface area contributed by atoms with Gasteiger partial charge >= 0.3 is 0 Å². The molecule has 0 aliphatic heterocycles. The van der Waals surface area contributed by atoms with Gasteiger partial charge in [0.2, 0.25) is 0 Å². The topological polar surface area (TPSA) is 9.23 Å². The highest BCUT2D eigenvalue weighted by molar-refractivity contribution is 5.14. The largest absolute Gasteiger partial charge is 0.377 e. The number of ether oxygens (including phenoxy) is 1. The minimum absolute atomic E-state index is 0.741. The Morgan fingerprint density at radius 1 is 1.42 bits per heavy atom.